The lowest BCUT2D eigenvalue weighted by atomic mass is 10.1. The maximum Gasteiger partial charge on any atom is 0.326 e. The number of carboxylic acids is 2. The first kappa shape index (κ1) is 25.4. The molecule has 3 unspecified atom stereocenters. The molecule has 0 saturated heterocycles. The van der Waals surface area contributed by atoms with Crippen LogP contribution in [0.25, 0.3) is 0 Å². The number of carbonyl (C=O) groups excluding carboxylic acids is 3. The van der Waals surface area contributed by atoms with E-state index in [9.17, 15) is 29.1 Å². The Hall–Kier alpha value is -3.67. The first-order chi connectivity index (χ1) is 14.5. The van der Waals surface area contributed by atoms with Gasteiger partial charge in [0.25, 0.3) is 0 Å². The Morgan fingerprint density at radius 1 is 1.00 bits per heavy atom. The summed E-state index contributed by atoms with van der Waals surface area (Å²) in [6.45, 7) is 0.820. The summed E-state index contributed by atoms with van der Waals surface area (Å²) in [7, 11) is 0. The fourth-order valence-electron chi connectivity index (χ4n) is 2.46. The number of benzene rings is 1. The number of nitrogens with two attached hydrogens (primary N) is 1. The summed E-state index contributed by atoms with van der Waals surface area (Å²) < 4.78 is 0. The second-order valence-corrected chi connectivity index (χ2v) is 6.82. The van der Waals surface area contributed by atoms with E-state index >= 15 is 0 Å². The number of aliphatic carboxylic acids is 2. The molecule has 1 rings (SSSR count). The van der Waals surface area contributed by atoms with Crippen molar-refractivity contribution in [3.8, 4) is 5.75 Å². The molecule has 0 spiro atoms. The van der Waals surface area contributed by atoms with Crippen molar-refractivity contribution in [1.82, 2.24) is 16.0 Å². The standard InChI is InChI=1S/C19H26N4O8/c1-10(22-18(29)13(20)8-11-2-4-12(24)5-3-11)17(28)21-9-15(25)23-14(19(30)31)6-7-16(26)27/h2-5,10,13-14,24H,6-9,20H2,1H3,(H,21,28)(H,22,29)(H,23,25)(H,26,27)(H,30,31). The van der Waals surface area contributed by atoms with E-state index in [0.717, 1.165) is 0 Å². The predicted octanol–water partition coefficient (Wildman–Crippen LogP) is -1.68. The monoisotopic (exact) mass is 438 g/mol. The van der Waals surface area contributed by atoms with Gasteiger partial charge in [-0.05, 0) is 37.5 Å². The number of aromatic hydroxyl groups is 1. The van der Waals surface area contributed by atoms with Crippen LogP contribution in [0, 0.1) is 0 Å². The van der Waals surface area contributed by atoms with E-state index in [0.29, 0.717) is 5.56 Å². The minimum absolute atomic E-state index is 0.0765. The zero-order chi connectivity index (χ0) is 23.6. The zero-order valence-electron chi connectivity index (χ0n) is 16.8. The Morgan fingerprint density at radius 3 is 2.16 bits per heavy atom. The minimum atomic E-state index is -1.41. The molecule has 0 aliphatic carbocycles. The van der Waals surface area contributed by atoms with Crippen molar-refractivity contribution in [3.63, 3.8) is 0 Å². The van der Waals surface area contributed by atoms with Crippen LogP contribution in [-0.4, -0.2) is 69.7 Å². The molecule has 0 fully saturated rings. The molecule has 0 aliphatic heterocycles. The second kappa shape index (κ2) is 12.1. The minimum Gasteiger partial charge on any atom is -0.508 e. The van der Waals surface area contributed by atoms with E-state index in [2.05, 4.69) is 16.0 Å². The molecule has 3 amide bonds. The van der Waals surface area contributed by atoms with Crippen LogP contribution in [0.5, 0.6) is 5.75 Å². The third-order valence-electron chi connectivity index (χ3n) is 4.18. The Balaban J connectivity index is 2.45. The van der Waals surface area contributed by atoms with Gasteiger partial charge in [-0.15, -0.1) is 0 Å². The van der Waals surface area contributed by atoms with Gasteiger partial charge in [-0.3, -0.25) is 19.2 Å². The van der Waals surface area contributed by atoms with Gasteiger partial charge < -0.3 is 37.0 Å². The Morgan fingerprint density at radius 2 is 1.61 bits per heavy atom. The van der Waals surface area contributed by atoms with Crippen LogP contribution in [-0.2, 0) is 30.4 Å². The Kier molecular flexibility index (Phi) is 9.92. The molecule has 0 bridgehead atoms. The molecule has 1 aromatic rings. The van der Waals surface area contributed by atoms with Crippen molar-refractivity contribution in [2.75, 3.05) is 6.54 Å². The summed E-state index contributed by atoms with van der Waals surface area (Å²) in [6, 6.07) is 2.75. The number of phenols is 1. The summed E-state index contributed by atoms with van der Waals surface area (Å²) in [5.41, 5.74) is 6.54. The van der Waals surface area contributed by atoms with Gasteiger partial charge in [-0.2, -0.15) is 0 Å². The molecule has 0 radical (unpaired) electrons. The zero-order valence-corrected chi connectivity index (χ0v) is 16.8. The Bertz CT molecular complexity index is 812. The van der Waals surface area contributed by atoms with Gasteiger partial charge in [0.15, 0.2) is 0 Å². The van der Waals surface area contributed by atoms with Crippen molar-refractivity contribution in [2.24, 2.45) is 5.73 Å². The largest absolute Gasteiger partial charge is 0.508 e. The molecule has 0 heterocycles. The molecule has 0 aromatic heterocycles. The molecular weight excluding hydrogens is 412 g/mol. The van der Waals surface area contributed by atoms with E-state index in [-0.39, 0.29) is 18.6 Å². The Labute approximate surface area is 177 Å². The number of phenolic OH excluding ortho intramolecular Hbond substituents is 1. The highest BCUT2D eigenvalue weighted by molar-refractivity contribution is 5.92. The number of hydrogen-bond donors (Lipinski definition) is 7. The van der Waals surface area contributed by atoms with Crippen LogP contribution in [0.15, 0.2) is 24.3 Å². The molecule has 0 saturated carbocycles. The third-order valence-corrected chi connectivity index (χ3v) is 4.18. The summed E-state index contributed by atoms with van der Waals surface area (Å²) in [4.78, 5) is 57.6. The maximum absolute atomic E-state index is 12.2. The van der Waals surface area contributed by atoms with Gasteiger partial charge in [0.1, 0.15) is 17.8 Å². The molecule has 170 valence electrons. The molecule has 12 heteroatoms. The van der Waals surface area contributed by atoms with Gasteiger partial charge in [0.05, 0.1) is 12.6 Å². The highest BCUT2D eigenvalue weighted by Gasteiger charge is 2.23. The third kappa shape index (κ3) is 9.58. The predicted molar refractivity (Wildman–Crippen MR) is 107 cm³/mol. The molecule has 3 atom stereocenters. The van der Waals surface area contributed by atoms with E-state index < -0.39 is 60.8 Å². The summed E-state index contributed by atoms with van der Waals surface area (Å²) in [6.07, 6.45) is -0.581. The van der Waals surface area contributed by atoms with Crippen LogP contribution in [0.4, 0.5) is 0 Å². The topological polar surface area (TPSA) is 208 Å². The van der Waals surface area contributed by atoms with Gasteiger partial charge in [0.2, 0.25) is 17.7 Å². The lowest BCUT2D eigenvalue weighted by molar-refractivity contribution is -0.143. The molecule has 12 nitrogen and oxygen atoms in total. The van der Waals surface area contributed by atoms with Gasteiger partial charge in [-0.25, -0.2) is 4.79 Å². The van der Waals surface area contributed by atoms with Crippen molar-refractivity contribution >= 4 is 29.7 Å². The fourth-order valence-corrected chi connectivity index (χ4v) is 2.46. The van der Waals surface area contributed by atoms with Crippen LogP contribution in [0.2, 0.25) is 0 Å². The lowest BCUT2D eigenvalue weighted by Gasteiger charge is -2.18. The van der Waals surface area contributed by atoms with Crippen molar-refractivity contribution in [3.05, 3.63) is 29.8 Å². The number of hydrogen-bond acceptors (Lipinski definition) is 7. The van der Waals surface area contributed by atoms with Crippen LogP contribution in [0.1, 0.15) is 25.3 Å². The molecular formula is C19H26N4O8. The van der Waals surface area contributed by atoms with Crippen molar-refractivity contribution in [1.29, 1.82) is 0 Å². The normalized spacial score (nSPS) is 13.4. The molecule has 1 aromatic carbocycles. The first-order valence-electron chi connectivity index (χ1n) is 9.35. The van der Waals surface area contributed by atoms with Crippen LogP contribution >= 0.6 is 0 Å². The van der Waals surface area contributed by atoms with Gasteiger partial charge in [0, 0.05) is 6.42 Å². The van der Waals surface area contributed by atoms with E-state index in [4.69, 9.17) is 15.9 Å². The van der Waals surface area contributed by atoms with Crippen molar-refractivity contribution < 1.29 is 39.3 Å². The van der Waals surface area contributed by atoms with Crippen LogP contribution in [0.3, 0.4) is 0 Å². The molecule has 0 aliphatic rings. The quantitative estimate of drug-likeness (QED) is 0.198. The average Bonchev–Trinajstić information content (AvgIpc) is 2.70. The maximum atomic E-state index is 12.2. The first-order valence-corrected chi connectivity index (χ1v) is 9.35. The number of carboxylic acid groups (broad SMARTS) is 2. The highest BCUT2D eigenvalue weighted by Crippen LogP contribution is 2.11. The van der Waals surface area contributed by atoms with Crippen LogP contribution < -0.4 is 21.7 Å². The lowest BCUT2D eigenvalue weighted by Crippen LogP contribution is -2.52. The van der Waals surface area contributed by atoms with Gasteiger partial charge >= 0.3 is 11.9 Å². The smallest absolute Gasteiger partial charge is 0.326 e. The number of rotatable bonds is 12. The molecule has 8 N–H and O–H groups in total. The number of carbonyl (C=O) groups is 5. The van der Waals surface area contributed by atoms with E-state index in [1.165, 1.54) is 19.1 Å². The summed E-state index contributed by atoms with van der Waals surface area (Å²) in [5, 5.41) is 33.6. The number of nitrogens with one attached hydrogen (secondary N) is 3. The van der Waals surface area contributed by atoms with Gasteiger partial charge in [-0.1, -0.05) is 12.1 Å². The summed E-state index contributed by atoms with van der Waals surface area (Å²) in [5.74, 6) is -4.65. The second-order valence-electron chi connectivity index (χ2n) is 6.82. The SMILES string of the molecule is CC(NC(=O)C(N)Cc1ccc(O)cc1)C(=O)NCC(=O)NC(CCC(=O)O)C(=O)O. The highest BCUT2D eigenvalue weighted by atomic mass is 16.4. The van der Waals surface area contributed by atoms with E-state index in [1.807, 2.05) is 0 Å². The molecule has 31 heavy (non-hydrogen) atoms. The average molecular weight is 438 g/mol. The number of amides is 3. The fraction of sp³-hybridized carbons (Fsp3) is 0.421. The summed E-state index contributed by atoms with van der Waals surface area (Å²) >= 11 is 0. The van der Waals surface area contributed by atoms with E-state index in [1.54, 1.807) is 12.1 Å². The van der Waals surface area contributed by atoms with Crippen molar-refractivity contribution in [2.45, 2.75) is 44.3 Å².